The maximum atomic E-state index is 13.5. The molecule has 8 nitrogen and oxygen atoms in total. The molecule has 158 valence electrons. The van der Waals surface area contributed by atoms with Crippen molar-refractivity contribution in [2.24, 2.45) is 0 Å². The molecule has 0 spiro atoms. The molecule has 0 radical (unpaired) electrons. The molecule has 1 aromatic carbocycles. The van der Waals surface area contributed by atoms with Crippen LogP contribution in [0.25, 0.3) is 11.7 Å². The van der Waals surface area contributed by atoms with Crippen molar-refractivity contribution in [2.45, 2.75) is 38.8 Å². The quantitative estimate of drug-likeness (QED) is 0.419. The van der Waals surface area contributed by atoms with Crippen LogP contribution >= 0.6 is 0 Å². The molecule has 1 saturated carbocycles. The summed E-state index contributed by atoms with van der Waals surface area (Å²) in [5.74, 6) is 0.493. The van der Waals surface area contributed by atoms with E-state index in [2.05, 4.69) is 26.0 Å². The second-order valence-electron chi connectivity index (χ2n) is 7.94. The summed E-state index contributed by atoms with van der Waals surface area (Å²) in [7, 11) is 0. The summed E-state index contributed by atoms with van der Waals surface area (Å²) in [6.45, 7) is 2.21. The van der Waals surface area contributed by atoms with Gasteiger partial charge in [0.05, 0.1) is 12.6 Å². The number of hydrogen-bond donors (Lipinski definition) is 3. The molecule has 0 bridgehead atoms. The third kappa shape index (κ3) is 3.98. The first-order valence-corrected chi connectivity index (χ1v) is 10.2. The van der Waals surface area contributed by atoms with E-state index < -0.39 is 0 Å². The van der Waals surface area contributed by atoms with E-state index in [0.29, 0.717) is 40.8 Å². The molecule has 3 heterocycles. The fourth-order valence-corrected chi connectivity index (χ4v) is 3.53. The van der Waals surface area contributed by atoms with Crippen molar-refractivity contribution < 1.29 is 14.0 Å². The Morgan fingerprint density at radius 2 is 2.13 bits per heavy atom. The summed E-state index contributed by atoms with van der Waals surface area (Å²) in [5.41, 5.74) is 3.14. The number of fused-ring (bicyclic) bond motifs is 1. The number of halogens is 1. The van der Waals surface area contributed by atoms with Gasteiger partial charge in [-0.15, -0.1) is 0 Å². The van der Waals surface area contributed by atoms with E-state index in [1.54, 1.807) is 35.8 Å². The van der Waals surface area contributed by atoms with Gasteiger partial charge in [0, 0.05) is 29.8 Å². The lowest BCUT2D eigenvalue weighted by Crippen LogP contribution is -2.19. The molecule has 0 unspecified atom stereocenters. The van der Waals surface area contributed by atoms with Crippen LogP contribution in [0.1, 0.15) is 36.0 Å². The highest BCUT2D eigenvalue weighted by Gasteiger charge is 2.25. The highest BCUT2D eigenvalue weighted by atomic mass is 19.1. The monoisotopic (exact) mass is 420 g/mol. The first-order chi connectivity index (χ1) is 15.0. The first kappa shape index (κ1) is 19.2. The normalized spacial score (nSPS) is 17.4. The fourth-order valence-electron chi connectivity index (χ4n) is 3.53. The largest absolute Gasteiger partial charge is 0.367 e. The van der Waals surface area contributed by atoms with E-state index in [1.807, 2.05) is 6.07 Å². The summed E-state index contributed by atoms with van der Waals surface area (Å²) in [5, 5.41) is 13.5. The van der Waals surface area contributed by atoms with Gasteiger partial charge in [-0.25, -0.2) is 9.37 Å². The van der Waals surface area contributed by atoms with Crippen LogP contribution in [-0.2, 0) is 16.1 Å². The van der Waals surface area contributed by atoms with Crippen molar-refractivity contribution >= 4 is 35.2 Å². The average Bonchev–Trinajstić information content (AvgIpc) is 3.37. The van der Waals surface area contributed by atoms with Crippen LogP contribution in [0.15, 0.2) is 36.0 Å². The SMILES string of the molecule is Cc1cc(CNc2cc(NC3CC3)n3ncc(/C=C4\CC(=O)NC4=O)c3n2)ccc1F. The average molecular weight is 420 g/mol. The van der Waals surface area contributed by atoms with E-state index in [9.17, 15) is 14.0 Å². The van der Waals surface area contributed by atoms with Crippen LogP contribution in [0.5, 0.6) is 0 Å². The fraction of sp³-hybridized carbons (Fsp3) is 0.273. The predicted molar refractivity (Wildman–Crippen MR) is 114 cm³/mol. The van der Waals surface area contributed by atoms with Gasteiger partial charge in [0.2, 0.25) is 5.91 Å². The summed E-state index contributed by atoms with van der Waals surface area (Å²) >= 11 is 0. The zero-order valence-corrected chi connectivity index (χ0v) is 16.9. The number of rotatable bonds is 6. The van der Waals surface area contributed by atoms with Crippen molar-refractivity contribution in [3.8, 4) is 0 Å². The number of carbonyl (C=O) groups is 2. The van der Waals surface area contributed by atoms with Crippen LogP contribution in [0.2, 0.25) is 0 Å². The number of nitrogens with zero attached hydrogens (tertiary/aromatic N) is 3. The van der Waals surface area contributed by atoms with Crippen molar-refractivity contribution in [3.63, 3.8) is 0 Å². The molecule has 1 aliphatic heterocycles. The smallest absolute Gasteiger partial charge is 0.254 e. The van der Waals surface area contributed by atoms with Crippen molar-refractivity contribution in [1.82, 2.24) is 19.9 Å². The number of carbonyl (C=O) groups excluding carboxylic acids is 2. The van der Waals surface area contributed by atoms with Gasteiger partial charge in [-0.1, -0.05) is 12.1 Å². The van der Waals surface area contributed by atoms with Gasteiger partial charge in [0.1, 0.15) is 17.5 Å². The van der Waals surface area contributed by atoms with Crippen molar-refractivity contribution in [1.29, 1.82) is 0 Å². The lowest BCUT2D eigenvalue weighted by molar-refractivity contribution is -0.124. The van der Waals surface area contributed by atoms with E-state index in [1.165, 1.54) is 6.07 Å². The molecule has 5 rings (SSSR count). The molecular weight excluding hydrogens is 399 g/mol. The maximum absolute atomic E-state index is 13.5. The van der Waals surface area contributed by atoms with Gasteiger partial charge in [-0.3, -0.25) is 14.9 Å². The molecule has 9 heteroatoms. The highest BCUT2D eigenvalue weighted by molar-refractivity contribution is 6.15. The molecule has 2 fully saturated rings. The van der Waals surface area contributed by atoms with Gasteiger partial charge in [0.25, 0.3) is 5.91 Å². The second-order valence-corrected chi connectivity index (χ2v) is 7.94. The van der Waals surface area contributed by atoms with E-state index >= 15 is 0 Å². The van der Waals surface area contributed by atoms with Crippen LogP contribution in [0.4, 0.5) is 16.0 Å². The van der Waals surface area contributed by atoms with Gasteiger partial charge in [0.15, 0.2) is 5.65 Å². The van der Waals surface area contributed by atoms with Gasteiger partial charge in [-0.2, -0.15) is 9.61 Å². The highest BCUT2D eigenvalue weighted by Crippen LogP contribution is 2.28. The molecule has 1 saturated heterocycles. The molecular formula is C22H21FN6O2. The number of aryl methyl sites for hydroxylation is 1. The van der Waals surface area contributed by atoms with Crippen LogP contribution in [0.3, 0.4) is 0 Å². The third-order valence-electron chi connectivity index (χ3n) is 5.35. The van der Waals surface area contributed by atoms with Gasteiger partial charge < -0.3 is 10.6 Å². The van der Waals surface area contributed by atoms with Crippen LogP contribution < -0.4 is 16.0 Å². The second kappa shape index (κ2) is 7.50. The molecule has 3 N–H and O–H groups in total. The Kier molecular flexibility index (Phi) is 4.65. The number of imide groups is 1. The lowest BCUT2D eigenvalue weighted by atomic mass is 10.1. The molecule has 3 aromatic rings. The van der Waals surface area contributed by atoms with Crippen molar-refractivity contribution in [3.05, 3.63) is 58.5 Å². The predicted octanol–water partition coefficient (Wildman–Crippen LogP) is 2.79. The number of nitrogens with one attached hydrogen (secondary N) is 3. The minimum absolute atomic E-state index is 0.0468. The summed E-state index contributed by atoms with van der Waals surface area (Å²) < 4.78 is 15.2. The Bertz CT molecular complexity index is 1240. The Balaban J connectivity index is 1.48. The molecule has 1 aliphatic carbocycles. The molecule has 2 aliphatic rings. The minimum atomic E-state index is -0.387. The van der Waals surface area contributed by atoms with Crippen LogP contribution in [0, 0.1) is 12.7 Å². The zero-order valence-electron chi connectivity index (χ0n) is 16.9. The summed E-state index contributed by atoms with van der Waals surface area (Å²) in [4.78, 5) is 28.1. The first-order valence-electron chi connectivity index (χ1n) is 10.2. The van der Waals surface area contributed by atoms with Gasteiger partial charge in [-0.05, 0) is 43.0 Å². The Labute approximate surface area is 177 Å². The molecule has 0 atom stereocenters. The minimum Gasteiger partial charge on any atom is -0.367 e. The van der Waals surface area contributed by atoms with Crippen molar-refractivity contribution in [2.75, 3.05) is 10.6 Å². The van der Waals surface area contributed by atoms with Gasteiger partial charge >= 0.3 is 0 Å². The molecule has 2 aromatic heterocycles. The van der Waals surface area contributed by atoms with E-state index in [4.69, 9.17) is 0 Å². The third-order valence-corrected chi connectivity index (χ3v) is 5.35. The summed E-state index contributed by atoms with van der Waals surface area (Å²) in [6.07, 6.45) is 5.54. The standard InChI is InChI=1S/C22H21FN6O2/c1-12-6-13(2-5-17(12)23)10-24-18-9-19(26-16-3-4-16)29-21(27-18)15(11-25-29)7-14-8-20(30)28-22(14)31/h2,5-7,9,11,16,26H,3-4,8,10H2,1H3,(H,24,27)(H,28,30,31)/b14-7+. The zero-order chi connectivity index (χ0) is 21.5. The Morgan fingerprint density at radius 3 is 2.84 bits per heavy atom. The molecule has 2 amide bonds. The Hall–Kier alpha value is -3.75. The number of benzene rings is 1. The lowest BCUT2D eigenvalue weighted by Gasteiger charge is -2.12. The Morgan fingerprint density at radius 1 is 1.29 bits per heavy atom. The maximum Gasteiger partial charge on any atom is 0.254 e. The van der Waals surface area contributed by atoms with Crippen LogP contribution in [-0.4, -0.2) is 32.5 Å². The topological polar surface area (TPSA) is 100 Å². The number of amides is 2. The molecule has 31 heavy (non-hydrogen) atoms. The number of hydrogen-bond acceptors (Lipinski definition) is 6. The van der Waals surface area contributed by atoms with E-state index in [-0.39, 0.29) is 24.1 Å². The summed E-state index contributed by atoms with van der Waals surface area (Å²) in [6, 6.07) is 7.29. The number of aromatic nitrogens is 3. The van der Waals surface area contributed by atoms with E-state index in [0.717, 1.165) is 24.2 Å². The number of anilines is 2.